The molecule has 0 aromatic carbocycles. The normalized spacial score (nSPS) is 23.9. The Bertz CT molecular complexity index is 467. The molecule has 3 rings (SSSR count). The monoisotopic (exact) mass is 291 g/mol. The number of aryl methyl sites for hydroxylation is 1. The molecule has 1 saturated carbocycles. The first-order valence-corrected chi connectivity index (χ1v) is 8.32. The minimum Gasteiger partial charge on any atom is -0.465 e. The number of hydrogen-bond acceptors (Lipinski definition) is 4. The number of furan rings is 1. The highest BCUT2D eigenvalue weighted by molar-refractivity contribution is 5.21. The van der Waals surface area contributed by atoms with Crippen LogP contribution in [0.1, 0.15) is 42.8 Å². The molecular weight excluding hydrogens is 262 g/mol. The second kappa shape index (κ2) is 6.51. The Morgan fingerprint density at radius 1 is 1.38 bits per heavy atom. The van der Waals surface area contributed by atoms with Gasteiger partial charge in [0.1, 0.15) is 11.5 Å². The van der Waals surface area contributed by atoms with E-state index in [0.29, 0.717) is 6.04 Å². The Hall–Kier alpha value is -0.840. The van der Waals surface area contributed by atoms with Gasteiger partial charge < -0.3 is 14.6 Å². The topological polar surface area (TPSA) is 31.7 Å². The fourth-order valence-corrected chi connectivity index (χ4v) is 3.26. The van der Waals surface area contributed by atoms with E-state index in [1.165, 1.54) is 44.3 Å². The van der Waals surface area contributed by atoms with Crippen LogP contribution in [-0.2, 0) is 13.1 Å². The van der Waals surface area contributed by atoms with Crippen molar-refractivity contribution in [3.8, 4) is 0 Å². The van der Waals surface area contributed by atoms with Gasteiger partial charge in [0.15, 0.2) is 0 Å². The summed E-state index contributed by atoms with van der Waals surface area (Å²) in [4.78, 5) is 4.88. The Labute approximate surface area is 128 Å². The summed E-state index contributed by atoms with van der Waals surface area (Å²) in [6.07, 6.45) is 5.28. The Kier molecular flexibility index (Phi) is 4.67. The SMILES string of the molecule is Cc1oc(CN(C)C2CCCN(C)C2)cc1CNC1CC1. The number of hydrogen-bond donors (Lipinski definition) is 1. The minimum absolute atomic E-state index is 0.655. The van der Waals surface area contributed by atoms with Crippen molar-refractivity contribution < 1.29 is 4.42 Å². The van der Waals surface area contributed by atoms with Crippen molar-refractivity contribution in [3.05, 3.63) is 23.2 Å². The molecule has 4 nitrogen and oxygen atoms in total. The second-order valence-corrected chi connectivity index (χ2v) is 6.92. The van der Waals surface area contributed by atoms with Gasteiger partial charge in [0, 0.05) is 30.7 Å². The summed E-state index contributed by atoms with van der Waals surface area (Å²) in [6, 6.07) is 3.65. The lowest BCUT2D eigenvalue weighted by Crippen LogP contribution is -2.44. The lowest BCUT2D eigenvalue weighted by Gasteiger charge is -2.35. The first-order valence-electron chi connectivity index (χ1n) is 8.32. The molecule has 0 spiro atoms. The van der Waals surface area contributed by atoms with Crippen molar-refractivity contribution >= 4 is 0 Å². The predicted molar refractivity (Wildman–Crippen MR) is 85.3 cm³/mol. The number of nitrogens with one attached hydrogen (secondary N) is 1. The quantitative estimate of drug-likeness (QED) is 0.872. The van der Waals surface area contributed by atoms with Crippen LogP contribution in [-0.4, -0.2) is 49.1 Å². The number of piperidine rings is 1. The lowest BCUT2D eigenvalue weighted by molar-refractivity contribution is 0.123. The zero-order chi connectivity index (χ0) is 14.8. The van der Waals surface area contributed by atoms with Crippen molar-refractivity contribution in [2.24, 2.45) is 0 Å². The Morgan fingerprint density at radius 2 is 2.19 bits per heavy atom. The van der Waals surface area contributed by atoms with Crippen LogP contribution in [0.4, 0.5) is 0 Å². The third-order valence-electron chi connectivity index (χ3n) is 4.86. The molecule has 2 aliphatic rings. The van der Waals surface area contributed by atoms with Crippen LogP contribution in [0, 0.1) is 6.92 Å². The fraction of sp³-hybridized carbons (Fsp3) is 0.765. The molecule has 0 bridgehead atoms. The van der Waals surface area contributed by atoms with E-state index in [2.05, 4.69) is 42.2 Å². The first kappa shape index (κ1) is 15.1. The molecule has 21 heavy (non-hydrogen) atoms. The third-order valence-corrected chi connectivity index (χ3v) is 4.86. The van der Waals surface area contributed by atoms with E-state index in [1.54, 1.807) is 0 Å². The van der Waals surface area contributed by atoms with Crippen molar-refractivity contribution in [2.45, 2.75) is 57.8 Å². The van der Waals surface area contributed by atoms with Crippen molar-refractivity contribution in [3.63, 3.8) is 0 Å². The molecule has 0 amide bonds. The molecule has 1 aliphatic carbocycles. The van der Waals surface area contributed by atoms with E-state index >= 15 is 0 Å². The molecule has 0 radical (unpaired) electrons. The summed E-state index contributed by atoms with van der Waals surface area (Å²) >= 11 is 0. The Balaban J connectivity index is 1.54. The molecule has 2 fully saturated rings. The average molecular weight is 291 g/mol. The van der Waals surface area contributed by atoms with E-state index in [4.69, 9.17) is 4.42 Å². The molecule has 1 unspecified atom stereocenters. The molecule has 1 saturated heterocycles. The second-order valence-electron chi connectivity index (χ2n) is 6.92. The molecule has 4 heteroatoms. The molecule has 1 N–H and O–H groups in total. The largest absolute Gasteiger partial charge is 0.465 e. The molecule has 1 aliphatic heterocycles. The van der Waals surface area contributed by atoms with Crippen LogP contribution in [0.3, 0.4) is 0 Å². The maximum atomic E-state index is 5.96. The molecule has 1 atom stereocenters. The highest BCUT2D eigenvalue weighted by Crippen LogP contribution is 2.22. The van der Waals surface area contributed by atoms with Gasteiger partial charge in [-0.1, -0.05) is 0 Å². The molecule has 118 valence electrons. The highest BCUT2D eigenvalue weighted by atomic mass is 16.3. The van der Waals surface area contributed by atoms with Crippen molar-refractivity contribution in [1.29, 1.82) is 0 Å². The lowest BCUT2D eigenvalue weighted by atomic mass is 10.1. The van der Waals surface area contributed by atoms with E-state index < -0.39 is 0 Å². The van der Waals surface area contributed by atoms with Crippen LogP contribution in [0.2, 0.25) is 0 Å². The third kappa shape index (κ3) is 4.09. The molecule has 1 aromatic rings. The smallest absolute Gasteiger partial charge is 0.118 e. The van der Waals surface area contributed by atoms with Gasteiger partial charge >= 0.3 is 0 Å². The van der Waals surface area contributed by atoms with Gasteiger partial charge in [0.05, 0.1) is 6.54 Å². The standard InChI is InChI=1S/C17H29N3O/c1-13-14(10-18-15-6-7-15)9-17(21-13)12-20(3)16-5-4-8-19(2)11-16/h9,15-16,18H,4-8,10-12H2,1-3H3. The summed E-state index contributed by atoms with van der Waals surface area (Å²) in [7, 11) is 4.45. The molecule has 2 heterocycles. The van der Waals surface area contributed by atoms with Gasteiger partial charge in [0.25, 0.3) is 0 Å². The molecular formula is C17H29N3O. The summed E-state index contributed by atoms with van der Waals surface area (Å²) in [6.45, 7) is 6.37. The highest BCUT2D eigenvalue weighted by Gasteiger charge is 2.23. The van der Waals surface area contributed by atoms with Crippen molar-refractivity contribution in [1.82, 2.24) is 15.1 Å². The minimum atomic E-state index is 0.655. The average Bonchev–Trinajstić information content (AvgIpc) is 3.21. The first-order chi connectivity index (χ1) is 10.1. The summed E-state index contributed by atoms with van der Waals surface area (Å²) in [5.41, 5.74) is 1.33. The van der Waals surface area contributed by atoms with Gasteiger partial charge in [-0.25, -0.2) is 0 Å². The van der Waals surface area contributed by atoms with Gasteiger partial charge in [-0.2, -0.15) is 0 Å². The van der Waals surface area contributed by atoms with Gasteiger partial charge in [-0.3, -0.25) is 4.90 Å². The van der Waals surface area contributed by atoms with E-state index in [-0.39, 0.29) is 0 Å². The maximum absolute atomic E-state index is 5.96. The van der Waals surface area contributed by atoms with E-state index in [1.807, 2.05) is 0 Å². The fourth-order valence-electron chi connectivity index (χ4n) is 3.26. The van der Waals surface area contributed by atoms with Gasteiger partial charge in [-0.05, 0) is 59.3 Å². The van der Waals surface area contributed by atoms with Gasteiger partial charge in [0.2, 0.25) is 0 Å². The van der Waals surface area contributed by atoms with Crippen LogP contribution < -0.4 is 5.32 Å². The zero-order valence-electron chi connectivity index (χ0n) is 13.7. The maximum Gasteiger partial charge on any atom is 0.118 e. The van der Waals surface area contributed by atoms with Crippen LogP contribution >= 0.6 is 0 Å². The van der Waals surface area contributed by atoms with E-state index in [9.17, 15) is 0 Å². The van der Waals surface area contributed by atoms with Gasteiger partial charge in [-0.15, -0.1) is 0 Å². The number of likely N-dealkylation sites (N-methyl/N-ethyl adjacent to an activating group) is 2. The predicted octanol–water partition coefficient (Wildman–Crippen LogP) is 2.37. The van der Waals surface area contributed by atoms with E-state index in [0.717, 1.165) is 30.7 Å². The number of likely N-dealkylation sites (tertiary alicyclic amines) is 1. The summed E-state index contributed by atoms with van der Waals surface area (Å²) in [5, 5.41) is 3.57. The summed E-state index contributed by atoms with van der Waals surface area (Å²) in [5.74, 6) is 2.18. The Morgan fingerprint density at radius 3 is 2.90 bits per heavy atom. The number of nitrogens with zero attached hydrogens (tertiary/aromatic N) is 2. The van der Waals surface area contributed by atoms with Crippen LogP contribution in [0.5, 0.6) is 0 Å². The number of rotatable bonds is 6. The zero-order valence-corrected chi connectivity index (χ0v) is 13.7. The van der Waals surface area contributed by atoms with Crippen LogP contribution in [0.15, 0.2) is 10.5 Å². The molecule has 1 aromatic heterocycles. The van der Waals surface area contributed by atoms with Crippen molar-refractivity contribution in [2.75, 3.05) is 27.2 Å². The summed E-state index contributed by atoms with van der Waals surface area (Å²) < 4.78 is 5.96. The van der Waals surface area contributed by atoms with Crippen LogP contribution in [0.25, 0.3) is 0 Å².